The maximum absolute atomic E-state index is 13.2. The van der Waals surface area contributed by atoms with Gasteiger partial charge in [0.1, 0.15) is 35.8 Å². The van der Waals surface area contributed by atoms with Crippen LogP contribution in [-0.2, 0) is 51.9 Å². The third kappa shape index (κ3) is 7.29. The van der Waals surface area contributed by atoms with Crippen molar-refractivity contribution in [3.8, 4) is 6.07 Å². The molecule has 2 saturated heterocycles. The number of ether oxygens (including phenoxy) is 6. The normalized spacial score (nSPS) is 19.0. The van der Waals surface area contributed by atoms with E-state index in [0.717, 1.165) is 7.11 Å². The molecular weight excluding hydrogens is 603 g/mol. The lowest BCUT2D eigenvalue weighted by molar-refractivity contribution is -0.208. The number of aromatic nitrogens is 3. The Kier molecular flexibility index (Phi) is 10.8. The van der Waals surface area contributed by atoms with Crippen LogP contribution in [0.25, 0.3) is 5.52 Å². The van der Waals surface area contributed by atoms with Crippen LogP contribution in [0.5, 0.6) is 0 Å². The number of hydrogen-bond acceptors (Lipinski definition) is 15. The number of carbonyl (C=O) groups excluding carboxylic acids is 3. The highest BCUT2D eigenvalue weighted by Crippen LogP contribution is 2.37. The molecule has 0 saturated carbocycles. The summed E-state index contributed by atoms with van der Waals surface area (Å²) < 4.78 is 52.3. The lowest BCUT2D eigenvalue weighted by Gasteiger charge is -2.38. The van der Waals surface area contributed by atoms with Gasteiger partial charge in [-0.05, 0) is 37.5 Å². The van der Waals surface area contributed by atoms with Crippen LogP contribution < -0.4 is 10.8 Å². The van der Waals surface area contributed by atoms with Crippen molar-refractivity contribution in [3.05, 3.63) is 24.2 Å². The molecule has 2 aromatic heterocycles. The van der Waals surface area contributed by atoms with Crippen molar-refractivity contribution < 1.29 is 51.9 Å². The molecule has 2 aliphatic heterocycles. The first-order valence-electron chi connectivity index (χ1n) is 13.7. The van der Waals surface area contributed by atoms with Gasteiger partial charge in [0.2, 0.25) is 5.60 Å². The predicted molar refractivity (Wildman–Crippen MR) is 147 cm³/mol. The average molecular weight is 638 g/mol. The van der Waals surface area contributed by atoms with Crippen LogP contribution in [0.1, 0.15) is 32.6 Å². The van der Waals surface area contributed by atoms with Crippen LogP contribution in [0.3, 0.4) is 0 Å². The molecule has 0 aliphatic carbocycles. The van der Waals surface area contributed by atoms with Crippen LogP contribution in [0.15, 0.2) is 18.5 Å². The maximum atomic E-state index is 13.2. The quantitative estimate of drug-likeness (QED) is 0.155. The summed E-state index contributed by atoms with van der Waals surface area (Å²) in [4.78, 5) is 42.5. The van der Waals surface area contributed by atoms with E-state index in [-0.39, 0.29) is 37.9 Å². The Morgan fingerprint density at radius 2 is 1.77 bits per heavy atom. The third-order valence-electron chi connectivity index (χ3n) is 6.92. The zero-order valence-corrected chi connectivity index (χ0v) is 25.4. The van der Waals surface area contributed by atoms with Gasteiger partial charge < -0.3 is 34.2 Å². The topological polar surface area (TPSA) is 225 Å². The van der Waals surface area contributed by atoms with Gasteiger partial charge in [0.25, 0.3) is 0 Å². The number of nitrogens with zero attached hydrogens (tertiary/aromatic N) is 4. The van der Waals surface area contributed by atoms with E-state index in [9.17, 15) is 24.2 Å². The van der Waals surface area contributed by atoms with E-state index in [4.69, 9.17) is 38.7 Å². The standard InChI is InChI=1S/C26H34N6O11P/c1-14(2)41-23(33)15(3)31-44(36)40-12-26(11-27,37-4)21(43-25(35)17-9-39-10-17)20(42-24(34)16-7-38-8-16)18-5-6-19-22(28)29-13-30-32(18)19/h5-6,13-17,20-21H,7-10,12H2,1-4H3,(H,31,36)(H2,28,29,30)/q+1/t15-,20-,21-,26+/m0/s1. The summed E-state index contributed by atoms with van der Waals surface area (Å²) in [6.07, 6.45) is -2.44. The van der Waals surface area contributed by atoms with Gasteiger partial charge in [0.05, 0.1) is 38.2 Å². The molecule has 44 heavy (non-hydrogen) atoms. The van der Waals surface area contributed by atoms with E-state index in [1.165, 1.54) is 23.8 Å². The summed E-state index contributed by atoms with van der Waals surface area (Å²) in [5, 5.41) is 17.1. The average Bonchev–Trinajstić information content (AvgIpc) is 3.35. The summed E-state index contributed by atoms with van der Waals surface area (Å²) >= 11 is 0. The Labute approximate surface area is 253 Å². The van der Waals surface area contributed by atoms with Gasteiger partial charge in [-0.2, -0.15) is 10.4 Å². The Bertz CT molecular complexity index is 1420. The van der Waals surface area contributed by atoms with E-state index < -0.39 is 74.5 Å². The van der Waals surface area contributed by atoms with Crippen LogP contribution in [0.4, 0.5) is 5.82 Å². The Hall–Kier alpha value is -3.78. The number of fused-ring (bicyclic) bond motifs is 1. The van der Waals surface area contributed by atoms with Crippen LogP contribution >= 0.6 is 8.18 Å². The fraction of sp³-hybridized carbons (Fsp3) is 0.615. The van der Waals surface area contributed by atoms with Crippen LogP contribution in [-0.4, -0.2) is 96.5 Å². The molecule has 2 aliphatic rings. The number of rotatable bonds is 15. The predicted octanol–water partition coefficient (Wildman–Crippen LogP) is 0.613. The highest BCUT2D eigenvalue weighted by Gasteiger charge is 2.54. The second-order valence-electron chi connectivity index (χ2n) is 10.5. The van der Waals surface area contributed by atoms with Crippen molar-refractivity contribution in [3.63, 3.8) is 0 Å². The summed E-state index contributed by atoms with van der Waals surface area (Å²) in [5.41, 5.74) is 4.31. The maximum Gasteiger partial charge on any atom is 0.613 e. The molecule has 0 radical (unpaired) electrons. The number of nitrogens with one attached hydrogen (secondary N) is 1. The summed E-state index contributed by atoms with van der Waals surface area (Å²) in [6, 6.07) is 4.01. The molecule has 4 rings (SSSR count). The van der Waals surface area contributed by atoms with Gasteiger partial charge in [-0.3, -0.25) is 14.4 Å². The summed E-state index contributed by atoms with van der Waals surface area (Å²) in [6.45, 7) is 4.37. The van der Waals surface area contributed by atoms with E-state index in [1.54, 1.807) is 19.9 Å². The van der Waals surface area contributed by atoms with E-state index in [1.807, 2.05) is 6.07 Å². The highest BCUT2D eigenvalue weighted by atomic mass is 31.1. The SMILES string of the molecule is CO[C@](C#N)(CO[P+](=O)N[C@@H](C)C(=O)OC(C)C)[C@@H](OC(=O)C1COC1)[C@@H](OC(=O)C1COC1)c1ccc2c(N)ncnn12. The van der Waals surface area contributed by atoms with Gasteiger partial charge in [-0.25, -0.2) is 9.50 Å². The zero-order valence-electron chi connectivity index (χ0n) is 24.5. The molecule has 238 valence electrons. The minimum absolute atomic E-state index is 0.0798. The molecule has 5 atom stereocenters. The smallest absolute Gasteiger partial charge is 0.462 e. The minimum Gasteiger partial charge on any atom is -0.462 e. The molecule has 18 heteroatoms. The largest absolute Gasteiger partial charge is 0.613 e. The lowest BCUT2D eigenvalue weighted by Crippen LogP contribution is -2.54. The molecule has 17 nitrogen and oxygen atoms in total. The lowest BCUT2D eigenvalue weighted by atomic mass is 9.91. The van der Waals surface area contributed by atoms with Gasteiger partial charge in [0.15, 0.2) is 24.6 Å². The number of nitrogens with two attached hydrogens (primary N) is 1. The Balaban J connectivity index is 1.70. The summed E-state index contributed by atoms with van der Waals surface area (Å²) in [7, 11) is -1.63. The van der Waals surface area contributed by atoms with E-state index in [0.29, 0.717) is 5.52 Å². The van der Waals surface area contributed by atoms with E-state index >= 15 is 0 Å². The monoisotopic (exact) mass is 637 g/mol. The van der Waals surface area contributed by atoms with Crippen molar-refractivity contribution in [2.45, 2.75) is 50.7 Å². The first kappa shape index (κ1) is 33.1. The number of hydrogen-bond donors (Lipinski definition) is 2. The van der Waals surface area contributed by atoms with E-state index in [2.05, 4.69) is 15.2 Å². The van der Waals surface area contributed by atoms with Crippen molar-refractivity contribution >= 4 is 37.4 Å². The van der Waals surface area contributed by atoms with Gasteiger partial charge in [-0.1, -0.05) is 5.09 Å². The van der Waals surface area contributed by atoms with Crippen molar-refractivity contribution in [2.75, 3.05) is 45.9 Å². The molecule has 4 heterocycles. The van der Waals surface area contributed by atoms with Gasteiger partial charge in [0, 0.05) is 7.11 Å². The minimum atomic E-state index is -2.78. The molecule has 2 aromatic rings. The number of nitriles is 1. The van der Waals surface area contributed by atoms with Crippen LogP contribution in [0, 0.1) is 23.2 Å². The number of nitrogen functional groups attached to an aromatic ring is 1. The van der Waals surface area contributed by atoms with Crippen molar-refractivity contribution in [1.29, 1.82) is 5.26 Å². The number of methoxy groups -OCH3 is 1. The fourth-order valence-corrected chi connectivity index (χ4v) is 4.99. The van der Waals surface area contributed by atoms with Crippen LogP contribution in [0.2, 0.25) is 0 Å². The van der Waals surface area contributed by atoms with Crippen molar-refractivity contribution in [1.82, 2.24) is 19.7 Å². The molecule has 0 bridgehead atoms. The number of carbonyl (C=O) groups is 3. The van der Waals surface area contributed by atoms with Gasteiger partial charge in [-0.15, -0.1) is 4.52 Å². The Morgan fingerprint density at radius 1 is 1.14 bits per heavy atom. The molecule has 3 N–H and O–H groups in total. The molecule has 0 aromatic carbocycles. The zero-order chi connectivity index (χ0) is 32.0. The fourth-order valence-electron chi connectivity index (χ4n) is 4.19. The second-order valence-corrected chi connectivity index (χ2v) is 11.5. The molecule has 2 fully saturated rings. The van der Waals surface area contributed by atoms with Gasteiger partial charge >= 0.3 is 26.1 Å². The molecule has 0 amide bonds. The second kappa shape index (κ2) is 14.3. The molecular formula is C26H34N6O11P+. The number of esters is 3. The number of anilines is 1. The molecule has 0 spiro atoms. The molecule has 1 unspecified atom stereocenters. The Morgan fingerprint density at radius 3 is 2.32 bits per heavy atom. The first-order chi connectivity index (χ1) is 21.0. The summed E-state index contributed by atoms with van der Waals surface area (Å²) in [5.74, 6) is -3.28. The highest BCUT2D eigenvalue weighted by molar-refractivity contribution is 7.36. The van der Waals surface area contributed by atoms with Crippen molar-refractivity contribution in [2.24, 2.45) is 11.8 Å². The third-order valence-corrected chi connectivity index (χ3v) is 7.88. The first-order valence-corrected chi connectivity index (χ1v) is 14.8.